The van der Waals surface area contributed by atoms with Crippen LogP contribution in [-0.4, -0.2) is 24.1 Å². The van der Waals surface area contributed by atoms with Crippen LogP contribution < -0.4 is 10.2 Å². The number of para-hydroxylation sites is 2. The van der Waals surface area contributed by atoms with Crippen molar-refractivity contribution < 1.29 is 9.59 Å². The van der Waals surface area contributed by atoms with Gasteiger partial charge < -0.3 is 10.2 Å². The average Bonchev–Trinajstić information content (AvgIpc) is 2.88. The van der Waals surface area contributed by atoms with Crippen molar-refractivity contribution in [3.05, 3.63) is 89.5 Å². The zero-order chi connectivity index (χ0) is 21.1. The van der Waals surface area contributed by atoms with Crippen LogP contribution in [0.25, 0.3) is 0 Å². The SMILES string of the molecule is Cc1ccc(C)c(NC(=O)CN2C(=O)CC(c3ccccc3)=Nc3ccccc32)c1. The molecule has 0 aliphatic carbocycles. The summed E-state index contributed by atoms with van der Waals surface area (Å²) in [6, 6.07) is 23.0. The zero-order valence-corrected chi connectivity index (χ0v) is 17.1. The molecule has 150 valence electrons. The Balaban J connectivity index is 1.61. The number of amides is 2. The van der Waals surface area contributed by atoms with E-state index in [0.29, 0.717) is 17.1 Å². The molecule has 0 fully saturated rings. The van der Waals surface area contributed by atoms with Crippen LogP contribution >= 0.6 is 0 Å². The van der Waals surface area contributed by atoms with E-state index in [1.54, 1.807) is 0 Å². The molecule has 0 unspecified atom stereocenters. The van der Waals surface area contributed by atoms with Gasteiger partial charge in [0.2, 0.25) is 11.8 Å². The van der Waals surface area contributed by atoms with E-state index in [0.717, 1.165) is 22.4 Å². The van der Waals surface area contributed by atoms with E-state index < -0.39 is 0 Å². The summed E-state index contributed by atoms with van der Waals surface area (Å²) in [5.74, 6) is -0.395. The van der Waals surface area contributed by atoms with Gasteiger partial charge in [0, 0.05) is 5.69 Å². The molecule has 1 heterocycles. The van der Waals surface area contributed by atoms with Gasteiger partial charge in [0.05, 0.1) is 23.5 Å². The quantitative estimate of drug-likeness (QED) is 0.687. The Morgan fingerprint density at radius 1 is 1.00 bits per heavy atom. The molecular weight excluding hydrogens is 374 g/mol. The highest BCUT2D eigenvalue weighted by molar-refractivity contribution is 6.19. The van der Waals surface area contributed by atoms with Crippen LogP contribution in [0.2, 0.25) is 0 Å². The number of hydrogen-bond acceptors (Lipinski definition) is 3. The predicted octanol–water partition coefficient (Wildman–Crippen LogP) is 4.80. The molecule has 2 amide bonds. The summed E-state index contributed by atoms with van der Waals surface area (Å²) < 4.78 is 0. The van der Waals surface area contributed by atoms with E-state index >= 15 is 0 Å². The van der Waals surface area contributed by atoms with E-state index in [2.05, 4.69) is 5.32 Å². The van der Waals surface area contributed by atoms with Crippen LogP contribution in [0.4, 0.5) is 17.1 Å². The fraction of sp³-hybridized carbons (Fsp3) is 0.160. The van der Waals surface area contributed by atoms with Gasteiger partial charge in [-0.3, -0.25) is 14.6 Å². The monoisotopic (exact) mass is 397 g/mol. The number of aryl methyl sites for hydroxylation is 2. The number of nitrogens with one attached hydrogen (secondary N) is 1. The average molecular weight is 397 g/mol. The maximum atomic E-state index is 13.1. The molecule has 30 heavy (non-hydrogen) atoms. The van der Waals surface area contributed by atoms with Crippen molar-refractivity contribution in [2.75, 3.05) is 16.8 Å². The maximum absolute atomic E-state index is 13.1. The summed E-state index contributed by atoms with van der Waals surface area (Å²) in [5.41, 5.74) is 5.73. The summed E-state index contributed by atoms with van der Waals surface area (Å²) in [7, 11) is 0. The fourth-order valence-corrected chi connectivity index (χ4v) is 3.52. The summed E-state index contributed by atoms with van der Waals surface area (Å²) in [6.07, 6.45) is 0.134. The number of carbonyl (C=O) groups excluding carboxylic acids is 2. The number of fused-ring (bicyclic) bond motifs is 1. The Labute approximate surface area is 176 Å². The number of anilines is 2. The molecule has 1 aliphatic rings. The van der Waals surface area contributed by atoms with Crippen molar-refractivity contribution in [3.63, 3.8) is 0 Å². The topological polar surface area (TPSA) is 61.8 Å². The lowest BCUT2D eigenvalue weighted by atomic mass is 10.1. The minimum atomic E-state index is -0.241. The predicted molar refractivity (Wildman–Crippen MR) is 121 cm³/mol. The lowest BCUT2D eigenvalue weighted by Gasteiger charge is -2.22. The molecule has 0 radical (unpaired) electrons. The number of hydrogen-bond donors (Lipinski definition) is 1. The highest BCUT2D eigenvalue weighted by Crippen LogP contribution is 2.32. The van der Waals surface area contributed by atoms with Gasteiger partial charge in [-0.05, 0) is 48.7 Å². The molecule has 0 bridgehead atoms. The van der Waals surface area contributed by atoms with Crippen LogP contribution in [0.15, 0.2) is 77.8 Å². The maximum Gasteiger partial charge on any atom is 0.244 e. The van der Waals surface area contributed by atoms with Crippen LogP contribution in [0.1, 0.15) is 23.1 Å². The Morgan fingerprint density at radius 2 is 1.73 bits per heavy atom. The second-order valence-electron chi connectivity index (χ2n) is 7.44. The Hall–Kier alpha value is -3.73. The Morgan fingerprint density at radius 3 is 2.53 bits per heavy atom. The van der Waals surface area contributed by atoms with Crippen molar-refractivity contribution in [1.82, 2.24) is 0 Å². The molecule has 0 saturated carbocycles. The minimum absolute atomic E-state index is 0.0686. The number of benzene rings is 3. The lowest BCUT2D eigenvalue weighted by Crippen LogP contribution is -2.38. The van der Waals surface area contributed by atoms with Crippen molar-refractivity contribution in [2.24, 2.45) is 4.99 Å². The molecule has 1 N–H and O–H groups in total. The third-order valence-corrected chi connectivity index (χ3v) is 5.12. The number of aliphatic imine (C=N–C) groups is 1. The molecule has 0 saturated heterocycles. The highest BCUT2D eigenvalue weighted by Gasteiger charge is 2.26. The molecule has 4 rings (SSSR count). The van der Waals surface area contributed by atoms with Gasteiger partial charge in [-0.1, -0.05) is 54.6 Å². The molecule has 0 atom stereocenters. The number of nitrogens with zero attached hydrogens (tertiary/aromatic N) is 2. The first kappa shape index (κ1) is 19.6. The van der Waals surface area contributed by atoms with Crippen molar-refractivity contribution in [1.29, 1.82) is 0 Å². The molecule has 5 nitrogen and oxygen atoms in total. The van der Waals surface area contributed by atoms with Gasteiger partial charge in [-0.2, -0.15) is 0 Å². The van der Waals surface area contributed by atoms with Gasteiger partial charge >= 0.3 is 0 Å². The van der Waals surface area contributed by atoms with Crippen molar-refractivity contribution in [2.45, 2.75) is 20.3 Å². The first-order valence-electron chi connectivity index (χ1n) is 9.91. The largest absolute Gasteiger partial charge is 0.324 e. The lowest BCUT2D eigenvalue weighted by molar-refractivity contribution is -0.120. The Kier molecular flexibility index (Phi) is 5.44. The summed E-state index contributed by atoms with van der Waals surface area (Å²) in [4.78, 5) is 32.2. The molecule has 1 aliphatic heterocycles. The van der Waals surface area contributed by atoms with E-state index in [9.17, 15) is 9.59 Å². The summed E-state index contributed by atoms with van der Waals surface area (Å²) in [6.45, 7) is 3.86. The van der Waals surface area contributed by atoms with E-state index in [1.165, 1.54) is 4.90 Å². The van der Waals surface area contributed by atoms with Crippen LogP contribution in [0, 0.1) is 13.8 Å². The molecule has 0 spiro atoms. The van der Waals surface area contributed by atoms with Crippen LogP contribution in [0.5, 0.6) is 0 Å². The molecule has 5 heteroatoms. The minimum Gasteiger partial charge on any atom is -0.324 e. The third-order valence-electron chi connectivity index (χ3n) is 5.12. The molecule has 0 aromatic heterocycles. The summed E-state index contributed by atoms with van der Waals surface area (Å²) in [5, 5.41) is 2.94. The Bertz CT molecular complexity index is 1140. The zero-order valence-electron chi connectivity index (χ0n) is 17.1. The van der Waals surface area contributed by atoms with Gasteiger partial charge in [-0.25, -0.2) is 0 Å². The highest BCUT2D eigenvalue weighted by atomic mass is 16.2. The molecule has 3 aromatic rings. The third kappa shape index (κ3) is 4.15. The second kappa shape index (κ2) is 8.33. The van der Waals surface area contributed by atoms with Gasteiger partial charge in [0.25, 0.3) is 0 Å². The van der Waals surface area contributed by atoms with Gasteiger partial charge in [-0.15, -0.1) is 0 Å². The first-order valence-corrected chi connectivity index (χ1v) is 9.91. The molecule has 3 aromatic carbocycles. The standard InChI is InChI=1S/C25H23N3O2/c1-17-12-13-18(2)21(14-17)27-24(29)16-28-23-11-7-6-10-20(23)26-22(15-25(28)30)19-8-4-3-5-9-19/h3-14H,15-16H2,1-2H3,(H,27,29). The number of carbonyl (C=O) groups is 2. The van der Waals surface area contributed by atoms with Gasteiger partial charge in [0.15, 0.2) is 0 Å². The van der Waals surface area contributed by atoms with E-state index in [4.69, 9.17) is 4.99 Å². The first-order chi connectivity index (χ1) is 14.5. The van der Waals surface area contributed by atoms with Crippen LogP contribution in [-0.2, 0) is 9.59 Å². The summed E-state index contributed by atoms with van der Waals surface area (Å²) >= 11 is 0. The van der Waals surface area contributed by atoms with Crippen molar-refractivity contribution in [3.8, 4) is 0 Å². The number of rotatable bonds is 4. The van der Waals surface area contributed by atoms with Crippen LogP contribution in [0.3, 0.4) is 0 Å². The molecular formula is C25H23N3O2. The second-order valence-corrected chi connectivity index (χ2v) is 7.44. The smallest absolute Gasteiger partial charge is 0.244 e. The normalized spacial score (nSPS) is 13.3. The fourth-order valence-electron chi connectivity index (χ4n) is 3.52. The van der Waals surface area contributed by atoms with Crippen molar-refractivity contribution >= 4 is 34.6 Å². The van der Waals surface area contributed by atoms with E-state index in [1.807, 2.05) is 86.6 Å². The van der Waals surface area contributed by atoms with E-state index in [-0.39, 0.29) is 24.8 Å². The van der Waals surface area contributed by atoms with Gasteiger partial charge in [0.1, 0.15) is 6.54 Å².